The number of aromatic nitrogens is 2. The molecule has 0 fully saturated rings. The number of hydrogen-bond donors (Lipinski definition) is 1. The summed E-state index contributed by atoms with van der Waals surface area (Å²) >= 11 is 5.82. The molecule has 2 aromatic carbocycles. The summed E-state index contributed by atoms with van der Waals surface area (Å²) in [6.45, 7) is 0. The van der Waals surface area contributed by atoms with Crippen LogP contribution < -0.4 is 16.0 Å². The van der Waals surface area contributed by atoms with Gasteiger partial charge in [-0.25, -0.2) is 9.36 Å². The summed E-state index contributed by atoms with van der Waals surface area (Å²) in [7, 11) is 1.52. The molecule has 3 rings (SSSR count). The monoisotopic (exact) mass is 302 g/mol. The average molecular weight is 303 g/mol. The van der Waals surface area contributed by atoms with Crippen molar-refractivity contribution in [1.82, 2.24) is 9.55 Å². The van der Waals surface area contributed by atoms with Crippen molar-refractivity contribution in [3.05, 3.63) is 68.3 Å². The predicted molar refractivity (Wildman–Crippen MR) is 81.7 cm³/mol. The van der Waals surface area contributed by atoms with Crippen LogP contribution in [0.15, 0.2) is 52.1 Å². The molecule has 0 bridgehead atoms. The summed E-state index contributed by atoms with van der Waals surface area (Å²) in [5.41, 5.74) is -0.000248. The minimum Gasteiger partial charge on any atom is -0.497 e. The SMILES string of the molecule is COc1ccc2c(=O)n(-c3ccc(Cl)cc3)c(=O)[nH]c2c1. The van der Waals surface area contributed by atoms with Crippen molar-refractivity contribution in [3.63, 3.8) is 0 Å². The van der Waals surface area contributed by atoms with Gasteiger partial charge in [0, 0.05) is 11.1 Å². The number of H-pyrrole nitrogens is 1. The maximum atomic E-state index is 12.5. The third-order valence-corrected chi connectivity index (χ3v) is 3.44. The fraction of sp³-hybridized carbons (Fsp3) is 0.0667. The lowest BCUT2D eigenvalue weighted by Gasteiger charge is -2.07. The van der Waals surface area contributed by atoms with Crippen molar-refractivity contribution in [2.45, 2.75) is 0 Å². The van der Waals surface area contributed by atoms with Gasteiger partial charge in [-0.2, -0.15) is 0 Å². The fourth-order valence-corrected chi connectivity index (χ4v) is 2.27. The fourth-order valence-electron chi connectivity index (χ4n) is 2.15. The number of ether oxygens (including phenoxy) is 1. The molecule has 0 spiro atoms. The van der Waals surface area contributed by atoms with E-state index in [2.05, 4.69) is 4.98 Å². The topological polar surface area (TPSA) is 64.1 Å². The molecule has 0 atom stereocenters. The standard InChI is InChI=1S/C15H11ClN2O3/c1-21-11-6-7-12-13(8-11)17-15(20)18(14(12)19)10-4-2-9(16)3-5-10/h2-8H,1H3,(H,17,20). The minimum absolute atomic E-state index is 0.390. The van der Waals surface area contributed by atoms with Gasteiger partial charge in [0.25, 0.3) is 5.56 Å². The van der Waals surface area contributed by atoms with Gasteiger partial charge < -0.3 is 9.72 Å². The number of hydrogen-bond acceptors (Lipinski definition) is 3. The highest BCUT2D eigenvalue weighted by molar-refractivity contribution is 6.30. The third kappa shape index (κ3) is 2.32. The van der Waals surface area contributed by atoms with E-state index in [1.807, 2.05) is 0 Å². The molecule has 106 valence electrons. The Bertz CT molecular complexity index is 926. The summed E-state index contributed by atoms with van der Waals surface area (Å²) in [4.78, 5) is 27.4. The lowest BCUT2D eigenvalue weighted by Crippen LogP contribution is -2.33. The van der Waals surface area contributed by atoms with E-state index in [9.17, 15) is 9.59 Å². The van der Waals surface area contributed by atoms with Gasteiger partial charge in [0.2, 0.25) is 0 Å². The van der Waals surface area contributed by atoms with Crippen molar-refractivity contribution in [3.8, 4) is 11.4 Å². The Morgan fingerprint density at radius 1 is 1.10 bits per heavy atom. The van der Waals surface area contributed by atoms with E-state index in [1.165, 1.54) is 7.11 Å². The van der Waals surface area contributed by atoms with E-state index in [-0.39, 0.29) is 0 Å². The Balaban J connectivity index is 2.32. The molecule has 1 N–H and O–H groups in total. The van der Waals surface area contributed by atoms with Crippen molar-refractivity contribution < 1.29 is 4.74 Å². The normalized spacial score (nSPS) is 10.8. The first-order valence-corrected chi connectivity index (χ1v) is 6.57. The van der Waals surface area contributed by atoms with E-state index in [0.717, 1.165) is 4.57 Å². The molecular formula is C15H11ClN2O3. The van der Waals surface area contributed by atoms with Gasteiger partial charge in [-0.1, -0.05) is 11.6 Å². The Kier molecular flexibility index (Phi) is 3.27. The highest BCUT2D eigenvalue weighted by atomic mass is 35.5. The zero-order valence-electron chi connectivity index (χ0n) is 11.1. The zero-order chi connectivity index (χ0) is 15.0. The molecule has 0 aliphatic heterocycles. The summed E-state index contributed by atoms with van der Waals surface area (Å²) in [6, 6.07) is 11.4. The summed E-state index contributed by atoms with van der Waals surface area (Å²) < 4.78 is 6.16. The Hall–Kier alpha value is -2.53. The molecule has 3 aromatic rings. The summed E-state index contributed by atoms with van der Waals surface area (Å²) in [6.07, 6.45) is 0. The van der Waals surface area contributed by atoms with Gasteiger partial charge in [0.05, 0.1) is 23.7 Å². The third-order valence-electron chi connectivity index (χ3n) is 3.19. The number of halogens is 1. The quantitative estimate of drug-likeness (QED) is 0.790. The zero-order valence-corrected chi connectivity index (χ0v) is 11.8. The second-order valence-electron chi connectivity index (χ2n) is 4.46. The maximum Gasteiger partial charge on any atom is 0.333 e. The molecule has 1 aromatic heterocycles. The highest BCUT2D eigenvalue weighted by Gasteiger charge is 2.10. The molecule has 0 aliphatic carbocycles. The van der Waals surface area contributed by atoms with E-state index < -0.39 is 11.2 Å². The van der Waals surface area contributed by atoms with Gasteiger partial charge in [-0.15, -0.1) is 0 Å². The molecule has 0 radical (unpaired) electrons. The van der Waals surface area contributed by atoms with Crippen LogP contribution in [0.3, 0.4) is 0 Å². The highest BCUT2D eigenvalue weighted by Crippen LogP contribution is 2.16. The van der Waals surface area contributed by atoms with Crippen LogP contribution in [0.5, 0.6) is 5.75 Å². The van der Waals surface area contributed by atoms with Crippen LogP contribution in [-0.2, 0) is 0 Å². The van der Waals surface area contributed by atoms with Gasteiger partial charge in [0.15, 0.2) is 0 Å². The molecule has 0 saturated carbocycles. The van der Waals surface area contributed by atoms with E-state index in [1.54, 1.807) is 42.5 Å². The van der Waals surface area contributed by atoms with Crippen LogP contribution in [0.4, 0.5) is 0 Å². The first-order chi connectivity index (χ1) is 10.1. The van der Waals surface area contributed by atoms with Crippen molar-refractivity contribution in [2.24, 2.45) is 0 Å². The number of rotatable bonds is 2. The first kappa shape index (κ1) is 13.5. The van der Waals surface area contributed by atoms with Crippen molar-refractivity contribution in [1.29, 1.82) is 0 Å². The summed E-state index contributed by atoms with van der Waals surface area (Å²) in [5.74, 6) is 0.571. The Morgan fingerprint density at radius 3 is 2.48 bits per heavy atom. The smallest absolute Gasteiger partial charge is 0.333 e. The average Bonchev–Trinajstić information content (AvgIpc) is 2.48. The summed E-state index contributed by atoms with van der Waals surface area (Å²) in [5, 5.41) is 0.944. The second kappa shape index (κ2) is 5.10. The van der Waals surface area contributed by atoms with Gasteiger partial charge in [0.1, 0.15) is 5.75 Å². The van der Waals surface area contributed by atoms with Gasteiger partial charge in [-0.05, 0) is 36.4 Å². The molecule has 5 nitrogen and oxygen atoms in total. The molecule has 21 heavy (non-hydrogen) atoms. The van der Waals surface area contributed by atoms with Gasteiger partial charge in [-0.3, -0.25) is 4.79 Å². The molecule has 0 aliphatic rings. The number of nitrogens with zero attached hydrogens (tertiary/aromatic N) is 1. The van der Waals surface area contributed by atoms with Gasteiger partial charge >= 0.3 is 5.69 Å². The van der Waals surface area contributed by atoms with Crippen LogP contribution in [0, 0.1) is 0 Å². The lowest BCUT2D eigenvalue weighted by atomic mass is 10.2. The minimum atomic E-state index is -0.511. The number of nitrogens with one attached hydrogen (secondary N) is 1. The molecule has 0 saturated heterocycles. The molecular weight excluding hydrogens is 292 g/mol. The number of benzene rings is 2. The van der Waals surface area contributed by atoms with E-state index >= 15 is 0 Å². The lowest BCUT2D eigenvalue weighted by molar-refractivity contribution is 0.415. The number of methoxy groups -OCH3 is 1. The van der Waals surface area contributed by atoms with Crippen molar-refractivity contribution >= 4 is 22.5 Å². The Morgan fingerprint density at radius 2 is 1.81 bits per heavy atom. The first-order valence-electron chi connectivity index (χ1n) is 6.19. The molecule has 0 unspecified atom stereocenters. The van der Waals surface area contributed by atoms with Crippen LogP contribution in [0.2, 0.25) is 5.02 Å². The Labute approximate surface area is 124 Å². The number of fused-ring (bicyclic) bond motifs is 1. The molecule has 1 heterocycles. The number of aromatic amines is 1. The molecule has 6 heteroatoms. The maximum absolute atomic E-state index is 12.5. The van der Waals surface area contributed by atoms with Crippen LogP contribution >= 0.6 is 11.6 Å². The van der Waals surface area contributed by atoms with E-state index in [4.69, 9.17) is 16.3 Å². The largest absolute Gasteiger partial charge is 0.497 e. The second-order valence-corrected chi connectivity index (χ2v) is 4.90. The van der Waals surface area contributed by atoms with Crippen LogP contribution in [-0.4, -0.2) is 16.7 Å². The van der Waals surface area contributed by atoms with Crippen molar-refractivity contribution in [2.75, 3.05) is 7.11 Å². The van der Waals surface area contributed by atoms with Crippen LogP contribution in [0.1, 0.15) is 0 Å². The van der Waals surface area contributed by atoms with E-state index in [0.29, 0.717) is 27.4 Å². The molecule has 0 amide bonds. The van der Waals surface area contributed by atoms with Crippen LogP contribution in [0.25, 0.3) is 16.6 Å². The predicted octanol–water partition coefficient (Wildman–Crippen LogP) is 2.34.